The zero-order chi connectivity index (χ0) is 17.6. The van der Waals surface area contributed by atoms with Gasteiger partial charge in [0.25, 0.3) is 0 Å². The molecule has 132 valence electrons. The summed E-state index contributed by atoms with van der Waals surface area (Å²) in [6.07, 6.45) is -0.771. The summed E-state index contributed by atoms with van der Waals surface area (Å²) in [6.45, 7) is 3.29. The van der Waals surface area contributed by atoms with Crippen LogP contribution in [0.25, 0.3) is 0 Å². The Kier molecular flexibility index (Phi) is 6.29. The topological polar surface area (TPSA) is 96.0 Å². The van der Waals surface area contributed by atoms with Crippen molar-refractivity contribution in [2.75, 3.05) is 39.3 Å². The first-order chi connectivity index (χ1) is 11.4. The van der Waals surface area contributed by atoms with Crippen molar-refractivity contribution in [3.63, 3.8) is 0 Å². The number of ether oxygens (including phenoxy) is 1. The van der Waals surface area contributed by atoms with E-state index in [4.69, 9.17) is 0 Å². The lowest BCUT2D eigenvalue weighted by atomic mass is 10.3. The molecule has 2 rings (SSSR count). The highest BCUT2D eigenvalue weighted by molar-refractivity contribution is 7.89. The fourth-order valence-electron chi connectivity index (χ4n) is 2.39. The van der Waals surface area contributed by atoms with E-state index in [1.165, 1.54) is 4.31 Å². The van der Waals surface area contributed by atoms with Gasteiger partial charge in [0.05, 0.1) is 18.0 Å². The van der Waals surface area contributed by atoms with Crippen molar-refractivity contribution in [1.82, 2.24) is 14.5 Å². The SMILES string of the molecule is CCOC(=O)NC(=O)CN1CCN(S(=O)(=O)c2ccccc2)CC1. The predicted molar refractivity (Wildman–Crippen MR) is 86.8 cm³/mol. The van der Waals surface area contributed by atoms with Gasteiger partial charge in [-0.05, 0) is 19.1 Å². The van der Waals surface area contributed by atoms with Crippen molar-refractivity contribution in [2.24, 2.45) is 0 Å². The summed E-state index contributed by atoms with van der Waals surface area (Å²) < 4.78 is 31.0. The Morgan fingerprint density at radius 3 is 2.33 bits per heavy atom. The van der Waals surface area contributed by atoms with E-state index in [2.05, 4.69) is 10.1 Å². The lowest BCUT2D eigenvalue weighted by Gasteiger charge is -2.33. The molecule has 0 radical (unpaired) electrons. The van der Waals surface area contributed by atoms with Crippen LogP contribution in [-0.2, 0) is 19.6 Å². The van der Waals surface area contributed by atoms with Gasteiger partial charge < -0.3 is 4.74 Å². The maximum absolute atomic E-state index is 12.5. The molecule has 0 aromatic heterocycles. The first kappa shape index (κ1) is 18.4. The quantitative estimate of drug-likeness (QED) is 0.814. The molecule has 9 heteroatoms. The van der Waals surface area contributed by atoms with Crippen LogP contribution >= 0.6 is 0 Å². The molecule has 0 bridgehead atoms. The van der Waals surface area contributed by atoms with Crippen molar-refractivity contribution in [1.29, 1.82) is 0 Å². The maximum atomic E-state index is 12.5. The molecule has 1 aromatic carbocycles. The molecule has 0 aliphatic carbocycles. The number of amides is 2. The normalized spacial score (nSPS) is 16.5. The van der Waals surface area contributed by atoms with Gasteiger partial charge in [0.15, 0.2) is 0 Å². The lowest BCUT2D eigenvalue weighted by Crippen LogP contribution is -2.51. The van der Waals surface area contributed by atoms with Crippen LogP contribution in [0.5, 0.6) is 0 Å². The molecule has 1 aromatic rings. The van der Waals surface area contributed by atoms with Gasteiger partial charge >= 0.3 is 6.09 Å². The number of hydrogen-bond acceptors (Lipinski definition) is 6. The van der Waals surface area contributed by atoms with Crippen molar-refractivity contribution in [3.8, 4) is 0 Å². The maximum Gasteiger partial charge on any atom is 0.413 e. The second kappa shape index (κ2) is 8.22. The minimum atomic E-state index is -3.51. The molecule has 2 amide bonds. The molecule has 8 nitrogen and oxygen atoms in total. The molecule has 0 spiro atoms. The number of alkyl carbamates (subject to hydrolysis) is 1. The van der Waals surface area contributed by atoms with Crippen LogP contribution in [0.4, 0.5) is 4.79 Å². The summed E-state index contributed by atoms with van der Waals surface area (Å²) in [5, 5.41) is 2.12. The Morgan fingerprint density at radius 2 is 1.75 bits per heavy atom. The molecule has 1 heterocycles. The average molecular weight is 355 g/mol. The van der Waals surface area contributed by atoms with Crippen LogP contribution in [0.15, 0.2) is 35.2 Å². The van der Waals surface area contributed by atoms with Crippen LogP contribution in [0.3, 0.4) is 0 Å². The van der Waals surface area contributed by atoms with E-state index in [1.807, 2.05) is 0 Å². The molecule has 0 saturated carbocycles. The smallest absolute Gasteiger partial charge is 0.413 e. The van der Waals surface area contributed by atoms with E-state index < -0.39 is 22.0 Å². The molecule has 1 N–H and O–H groups in total. The molecule has 0 unspecified atom stereocenters. The summed E-state index contributed by atoms with van der Waals surface area (Å²) in [6, 6.07) is 8.26. The van der Waals surface area contributed by atoms with E-state index >= 15 is 0 Å². The van der Waals surface area contributed by atoms with Crippen LogP contribution in [0, 0.1) is 0 Å². The van der Waals surface area contributed by atoms with Crippen molar-refractivity contribution in [3.05, 3.63) is 30.3 Å². The third kappa shape index (κ3) is 4.76. The monoisotopic (exact) mass is 355 g/mol. The second-order valence-corrected chi connectivity index (χ2v) is 7.20. The van der Waals surface area contributed by atoms with Crippen LogP contribution in [0.1, 0.15) is 6.92 Å². The minimum absolute atomic E-state index is 0.0258. The number of imide groups is 1. The molecular weight excluding hydrogens is 334 g/mol. The third-order valence-electron chi connectivity index (χ3n) is 3.60. The Hall–Kier alpha value is -1.97. The first-order valence-corrected chi connectivity index (χ1v) is 9.11. The highest BCUT2D eigenvalue weighted by atomic mass is 32.2. The van der Waals surface area contributed by atoms with Crippen LogP contribution in [-0.4, -0.2) is 69.0 Å². The summed E-state index contributed by atoms with van der Waals surface area (Å²) in [7, 11) is -3.51. The number of benzene rings is 1. The van der Waals surface area contributed by atoms with Crippen LogP contribution < -0.4 is 5.32 Å². The molecule has 1 fully saturated rings. The number of carbonyl (C=O) groups excluding carboxylic acids is 2. The van der Waals surface area contributed by atoms with Gasteiger partial charge in [0.1, 0.15) is 0 Å². The van der Waals surface area contributed by atoms with Crippen molar-refractivity contribution in [2.45, 2.75) is 11.8 Å². The van der Waals surface area contributed by atoms with Gasteiger partial charge in [-0.25, -0.2) is 13.2 Å². The molecule has 0 atom stereocenters. The molecule has 1 aliphatic heterocycles. The Morgan fingerprint density at radius 1 is 1.12 bits per heavy atom. The molecular formula is C15H21N3O5S. The van der Waals surface area contributed by atoms with Gasteiger partial charge in [0.2, 0.25) is 15.9 Å². The van der Waals surface area contributed by atoms with Gasteiger partial charge in [-0.3, -0.25) is 15.0 Å². The largest absolute Gasteiger partial charge is 0.450 e. The van der Waals surface area contributed by atoms with Crippen molar-refractivity contribution >= 4 is 22.0 Å². The second-order valence-electron chi connectivity index (χ2n) is 5.26. The fraction of sp³-hybridized carbons (Fsp3) is 0.467. The minimum Gasteiger partial charge on any atom is -0.450 e. The molecule has 24 heavy (non-hydrogen) atoms. The predicted octanol–water partition coefficient (Wildman–Crippen LogP) is 0.266. The standard InChI is InChI=1S/C15H21N3O5S/c1-2-23-15(20)16-14(19)12-17-8-10-18(11-9-17)24(21,22)13-6-4-3-5-7-13/h3-7H,2,8-12H2,1H3,(H,16,19,20). The highest BCUT2D eigenvalue weighted by Gasteiger charge is 2.29. The van der Waals surface area contributed by atoms with Gasteiger partial charge in [0, 0.05) is 26.2 Å². The summed E-state index contributed by atoms with van der Waals surface area (Å²) in [5.41, 5.74) is 0. The van der Waals surface area contributed by atoms with Gasteiger partial charge in [-0.1, -0.05) is 18.2 Å². The fourth-order valence-corrected chi connectivity index (χ4v) is 3.84. The zero-order valence-corrected chi connectivity index (χ0v) is 14.3. The Labute approximate surface area is 141 Å². The lowest BCUT2D eigenvalue weighted by molar-refractivity contribution is -0.121. The Balaban J connectivity index is 1.85. The number of sulfonamides is 1. The number of piperazine rings is 1. The van der Waals surface area contributed by atoms with E-state index in [-0.39, 0.29) is 18.0 Å². The van der Waals surface area contributed by atoms with E-state index in [9.17, 15) is 18.0 Å². The number of nitrogens with zero attached hydrogens (tertiary/aromatic N) is 2. The summed E-state index contributed by atoms with van der Waals surface area (Å²) >= 11 is 0. The summed E-state index contributed by atoms with van der Waals surface area (Å²) in [4.78, 5) is 24.9. The van der Waals surface area contributed by atoms with Crippen LogP contribution in [0.2, 0.25) is 0 Å². The van der Waals surface area contributed by atoms with E-state index in [1.54, 1.807) is 42.2 Å². The van der Waals surface area contributed by atoms with E-state index in [0.717, 1.165) is 0 Å². The molecule has 1 aliphatic rings. The first-order valence-electron chi connectivity index (χ1n) is 7.67. The average Bonchev–Trinajstić information content (AvgIpc) is 2.56. The molecule has 1 saturated heterocycles. The van der Waals surface area contributed by atoms with E-state index in [0.29, 0.717) is 26.2 Å². The number of nitrogens with one attached hydrogen (secondary N) is 1. The zero-order valence-electron chi connectivity index (χ0n) is 13.5. The number of carbonyl (C=O) groups is 2. The highest BCUT2D eigenvalue weighted by Crippen LogP contribution is 2.16. The van der Waals surface area contributed by atoms with Gasteiger partial charge in [-0.15, -0.1) is 0 Å². The summed E-state index contributed by atoms with van der Waals surface area (Å²) in [5.74, 6) is -0.465. The number of hydrogen-bond donors (Lipinski definition) is 1. The van der Waals surface area contributed by atoms with Crippen molar-refractivity contribution < 1.29 is 22.7 Å². The van der Waals surface area contributed by atoms with Gasteiger partial charge in [-0.2, -0.15) is 4.31 Å². The number of rotatable bonds is 5. The Bertz CT molecular complexity index is 670. The third-order valence-corrected chi connectivity index (χ3v) is 5.51.